The molecule has 3 aromatic rings. The third-order valence-corrected chi connectivity index (χ3v) is 7.88. The lowest BCUT2D eigenvalue weighted by atomic mass is 9.62. The summed E-state index contributed by atoms with van der Waals surface area (Å²) in [5, 5.41) is 16.2. The number of nitrogens with zero attached hydrogens (tertiary/aromatic N) is 1. The number of nitrogens with one attached hydrogen (secondary N) is 2. The molecule has 2 N–H and O–H groups in total. The normalized spacial score (nSPS) is 22.2. The Morgan fingerprint density at radius 2 is 1.79 bits per heavy atom. The van der Waals surface area contributed by atoms with Crippen LogP contribution in [0.15, 0.2) is 54.6 Å². The zero-order valence-corrected chi connectivity index (χ0v) is 25.1. The molecule has 1 fully saturated rings. The van der Waals surface area contributed by atoms with Crippen LogP contribution in [0.25, 0.3) is 0 Å². The lowest BCUT2D eigenvalue weighted by Gasteiger charge is -2.37. The van der Waals surface area contributed by atoms with Gasteiger partial charge in [-0.05, 0) is 60.2 Å². The van der Waals surface area contributed by atoms with Crippen molar-refractivity contribution in [3.8, 4) is 11.8 Å². The summed E-state index contributed by atoms with van der Waals surface area (Å²) in [7, 11) is 0. The van der Waals surface area contributed by atoms with Gasteiger partial charge in [0.05, 0.1) is 22.8 Å². The first kappa shape index (κ1) is 32.5. The summed E-state index contributed by atoms with van der Waals surface area (Å²) in [6, 6.07) is 11.5. The predicted octanol–water partition coefficient (Wildman–Crippen LogP) is 8.44. The molecule has 1 aliphatic rings. The number of hydrogen-bond acceptors (Lipinski definition) is 4. The molecule has 4 rings (SSSR count). The molecule has 0 aromatic heterocycles. The summed E-state index contributed by atoms with van der Waals surface area (Å²) in [6.45, 7) is 7.18. The minimum absolute atomic E-state index is 0.0593. The number of alkyl halides is 3. The highest BCUT2D eigenvalue weighted by Crippen LogP contribution is 2.53. The fourth-order valence-corrected chi connectivity index (χ4v) is 6.05. The SMILES string of the molecule is Cc1ccc(NC(=O)C2NC(CC(C)(C)C)C(C#N)(c3ccc(Cl)cc3F)C2c2cccc(Cl)c2F)c(OC(F)(F)F)c1. The number of aryl methyl sites for hydroxylation is 1. The van der Waals surface area contributed by atoms with Crippen molar-refractivity contribution in [2.24, 2.45) is 5.41 Å². The van der Waals surface area contributed by atoms with E-state index >= 15 is 8.78 Å². The van der Waals surface area contributed by atoms with E-state index in [2.05, 4.69) is 21.4 Å². The third kappa shape index (κ3) is 6.74. The van der Waals surface area contributed by atoms with E-state index < -0.39 is 58.5 Å². The van der Waals surface area contributed by atoms with E-state index in [1.807, 2.05) is 20.8 Å². The first-order valence-corrected chi connectivity index (χ1v) is 14.0. The Morgan fingerprint density at radius 3 is 2.40 bits per heavy atom. The Bertz CT molecular complexity index is 1590. The molecule has 0 aliphatic carbocycles. The molecule has 0 bridgehead atoms. The summed E-state index contributed by atoms with van der Waals surface area (Å²) < 4.78 is 75.2. The molecule has 12 heteroatoms. The molecule has 0 spiro atoms. The Hall–Kier alpha value is -3.39. The van der Waals surface area contributed by atoms with Crippen LogP contribution >= 0.6 is 23.2 Å². The predicted molar refractivity (Wildman–Crippen MR) is 154 cm³/mol. The molecular weight excluding hydrogens is 612 g/mol. The van der Waals surface area contributed by atoms with E-state index in [1.54, 1.807) is 6.92 Å². The van der Waals surface area contributed by atoms with Crippen LogP contribution in [0.2, 0.25) is 10.0 Å². The number of halogens is 7. The number of rotatable bonds is 6. The molecule has 5 nitrogen and oxygen atoms in total. The van der Waals surface area contributed by atoms with Gasteiger partial charge in [-0.15, -0.1) is 13.2 Å². The molecule has 1 saturated heterocycles. The van der Waals surface area contributed by atoms with Crippen molar-refractivity contribution in [1.29, 1.82) is 5.26 Å². The minimum atomic E-state index is -5.05. The van der Waals surface area contributed by atoms with Crippen molar-refractivity contribution in [2.45, 2.75) is 63.9 Å². The van der Waals surface area contributed by atoms with Gasteiger partial charge in [0.2, 0.25) is 5.91 Å². The van der Waals surface area contributed by atoms with E-state index in [9.17, 15) is 23.2 Å². The van der Waals surface area contributed by atoms with Crippen LogP contribution in [0.1, 0.15) is 49.8 Å². The van der Waals surface area contributed by atoms with Gasteiger partial charge >= 0.3 is 6.36 Å². The van der Waals surface area contributed by atoms with Crippen LogP contribution in [0.4, 0.5) is 27.6 Å². The van der Waals surface area contributed by atoms with E-state index in [4.69, 9.17) is 23.2 Å². The number of benzene rings is 3. The molecule has 1 amide bonds. The zero-order chi connectivity index (χ0) is 31.9. The minimum Gasteiger partial charge on any atom is -0.404 e. The Morgan fingerprint density at radius 1 is 1.09 bits per heavy atom. The lowest BCUT2D eigenvalue weighted by Crippen LogP contribution is -2.45. The van der Waals surface area contributed by atoms with E-state index in [0.29, 0.717) is 5.56 Å². The fourth-order valence-electron chi connectivity index (χ4n) is 5.71. The summed E-state index contributed by atoms with van der Waals surface area (Å²) in [5.41, 5.74) is -2.52. The van der Waals surface area contributed by atoms with Crippen LogP contribution in [-0.4, -0.2) is 24.4 Å². The molecule has 43 heavy (non-hydrogen) atoms. The molecule has 0 saturated carbocycles. The highest BCUT2D eigenvalue weighted by molar-refractivity contribution is 6.31. The fraction of sp³-hybridized carbons (Fsp3) is 0.355. The van der Waals surface area contributed by atoms with Crippen LogP contribution in [0, 0.1) is 35.3 Å². The first-order valence-electron chi connectivity index (χ1n) is 13.2. The van der Waals surface area contributed by atoms with Gasteiger partial charge < -0.3 is 15.4 Å². The highest BCUT2D eigenvalue weighted by atomic mass is 35.5. The molecule has 1 aliphatic heterocycles. The number of hydrogen-bond donors (Lipinski definition) is 2. The van der Waals surface area contributed by atoms with Crippen LogP contribution in [0.3, 0.4) is 0 Å². The maximum Gasteiger partial charge on any atom is 0.573 e. The van der Waals surface area contributed by atoms with E-state index in [1.165, 1.54) is 42.5 Å². The number of carbonyl (C=O) groups is 1. The summed E-state index contributed by atoms with van der Waals surface area (Å²) >= 11 is 12.2. The zero-order valence-electron chi connectivity index (χ0n) is 23.5. The van der Waals surface area contributed by atoms with Gasteiger partial charge in [0.25, 0.3) is 0 Å². The average molecular weight is 640 g/mol. The average Bonchev–Trinajstić information content (AvgIpc) is 3.19. The molecule has 4 unspecified atom stereocenters. The molecular formula is C31H28Cl2F5N3O2. The summed E-state index contributed by atoms with van der Waals surface area (Å²) in [5.74, 6) is -4.72. The molecule has 228 valence electrons. The van der Waals surface area contributed by atoms with Crippen molar-refractivity contribution in [3.63, 3.8) is 0 Å². The van der Waals surface area contributed by atoms with Gasteiger partial charge in [0.15, 0.2) is 5.75 Å². The van der Waals surface area contributed by atoms with E-state index in [0.717, 1.165) is 12.1 Å². The molecule has 1 heterocycles. The second-order valence-corrected chi connectivity index (χ2v) is 12.6. The second kappa shape index (κ2) is 11.9. The van der Waals surface area contributed by atoms with Crippen molar-refractivity contribution in [1.82, 2.24) is 5.32 Å². The van der Waals surface area contributed by atoms with Crippen LogP contribution in [-0.2, 0) is 10.2 Å². The Labute approximate surface area is 255 Å². The Kier molecular flexibility index (Phi) is 9.04. The first-order chi connectivity index (χ1) is 20.0. The molecule has 0 radical (unpaired) electrons. The van der Waals surface area contributed by atoms with Gasteiger partial charge in [-0.2, -0.15) is 5.26 Å². The number of ether oxygens (including phenoxy) is 1. The van der Waals surface area contributed by atoms with Gasteiger partial charge in [-0.1, -0.05) is 68.2 Å². The lowest BCUT2D eigenvalue weighted by molar-refractivity contribution is -0.274. The van der Waals surface area contributed by atoms with Crippen molar-refractivity contribution >= 4 is 34.8 Å². The largest absolute Gasteiger partial charge is 0.573 e. The van der Waals surface area contributed by atoms with Crippen LogP contribution < -0.4 is 15.4 Å². The van der Waals surface area contributed by atoms with E-state index in [-0.39, 0.29) is 33.3 Å². The van der Waals surface area contributed by atoms with Crippen LogP contribution in [0.5, 0.6) is 5.75 Å². The smallest absolute Gasteiger partial charge is 0.404 e. The third-order valence-electron chi connectivity index (χ3n) is 7.35. The molecule has 4 atom stereocenters. The van der Waals surface area contributed by atoms with Gasteiger partial charge in [0, 0.05) is 22.5 Å². The quantitative estimate of drug-likeness (QED) is 0.265. The van der Waals surface area contributed by atoms with Crippen molar-refractivity contribution in [2.75, 3.05) is 5.32 Å². The maximum absolute atomic E-state index is 15.8. The van der Waals surface area contributed by atoms with Gasteiger partial charge in [0.1, 0.15) is 17.0 Å². The van der Waals surface area contributed by atoms with Crippen molar-refractivity contribution in [3.05, 3.63) is 93.0 Å². The summed E-state index contributed by atoms with van der Waals surface area (Å²) in [4.78, 5) is 14.0. The monoisotopic (exact) mass is 639 g/mol. The standard InChI is InChI=1S/C31H28Cl2F5N3O2/c1-16-8-11-22(23(12-16)43-31(36,37)38)40-28(42)27-25(18-6-5-7-20(33)26(18)35)30(15-39,24(41-27)14-29(2,3)4)19-10-9-17(32)13-21(19)34/h5-13,24-25,27,41H,14H2,1-4H3,(H,40,42). The van der Waals surface area contributed by atoms with Gasteiger partial charge in [-0.25, -0.2) is 8.78 Å². The Balaban J connectivity index is 1.94. The summed E-state index contributed by atoms with van der Waals surface area (Å²) in [6.07, 6.45) is -4.83. The van der Waals surface area contributed by atoms with Gasteiger partial charge in [-0.3, -0.25) is 4.79 Å². The number of amides is 1. The maximum atomic E-state index is 15.8. The van der Waals surface area contributed by atoms with Crippen molar-refractivity contribution < 1.29 is 31.5 Å². The number of carbonyl (C=O) groups excluding carboxylic acids is 1. The number of anilines is 1. The second-order valence-electron chi connectivity index (χ2n) is 11.7. The topological polar surface area (TPSA) is 74.2 Å². The number of nitriles is 1. The highest BCUT2D eigenvalue weighted by Gasteiger charge is 2.61. The molecule has 3 aromatic carbocycles.